The molecule has 3 heterocycles. The monoisotopic (exact) mass is 455 g/mol. The molecule has 5 rings (SSSR count). The predicted octanol–water partition coefficient (Wildman–Crippen LogP) is 0.844. The van der Waals surface area contributed by atoms with Crippen LogP contribution in [0.1, 0.15) is 45.4 Å². The number of carbonyl (C=O) groups is 1. The van der Waals surface area contributed by atoms with E-state index < -0.39 is 6.17 Å². The first-order valence-electron chi connectivity index (χ1n) is 12.3. The molecule has 2 saturated carbocycles. The van der Waals surface area contributed by atoms with Gasteiger partial charge in [0.1, 0.15) is 18.0 Å². The number of alkyl halides is 1. The van der Waals surface area contributed by atoms with Crippen molar-refractivity contribution < 1.29 is 23.5 Å². The summed E-state index contributed by atoms with van der Waals surface area (Å²) in [4.78, 5) is 20.1. The van der Waals surface area contributed by atoms with Gasteiger partial charge in [-0.25, -0.2) is 9.18 Å². The highest BCUT2D eigenvalue weighted by Crippen LogP contribution is 2.39. The van der Waals surface area contributed by atoms with Crippen LogP contribution in [-0.2, 0) is 14.3 Å². The van der Waals surface area contributed by atoms with Crippen molar-refractivity contribution in [2.24, 2.45) is 23.5 Å². The van der Waals surface area contributed by atoms with Crippen LogP contribution in [0.25, 0.3) is 0 Å². The van der Waals surface area contributed by atoms with E-state index in [9.17, 15) is 9.18 Å². The third-order valence-electron chi connectivity index (χ3n) is 8.08. The Balaban J connectivity index is 1.10. The molecule has 3 saturated heterocycles. The van der Waals surface area contributed by atoms with E-state index in [2.05, 4.69) is 16.1 Å². The molecular weight excluding hydrogens is 417 g/mol. The highest BCUT2D eigenvalue weighted by Gasteiger charge is 2.46. The molecule has 32 heavy (non-hydrogen) atoms. The van der Waals surface area contributed by atoms with Crippen LogP contribution in [0, 0.1) is 17.8 Å². The van der Waals surface area contributed by atoms with Crippen molar-refractivity contribution in [2.75, 3.05) is 32.8 Å². The second-order valence-electron chi connectivity index (χ2n) is 10.6. The lowest BCUT2D eigenvalue weighted by Crippen LogP contribution is -2.58. The highest BCUT2D eigenvalue weighted by atomic mass is 19.1. The van der Waals surface area contributed by atoms with Gasteiger partial charge in [0, 0.05) is 31.0 Å². The van der Waals surface area contributed by atoms with Gasteiger partial charge >= 0.3 is 6.09 Å². The molecule has 1 amide bonds. The number of hydrogen-bond donors (Lipinski definition) is 4. The van der Waals surface area contributed by atoms with Crippen LogP contribution in [0.3, 0.4) is 0 Å². The second-order valence-corrected chi connectivity index (χ2v) is 10.6. The number of likely N-dealkylation sites (tertiary alicyclic amines) is 1. The highest BCUT2D eigenvalue weighted by molar-refractivity contribution is 5.68. The maximum absolute atomic E-state index is 15.0. The van der Waals surface area contributed by atoms with Crippen molar-refractivity contribution in [3.05, 3.63) is 0 Å². The van der Waals surface area contributed by atoms with Gasteiger partial charge in [0.15, 0.2) is 0 Å². The standard InChI is InChI=1S/C22H38FN5O4/c1-22(4-5-22)31-21(29)28-6-2-13(3-7-28)19-26-20(32-27-19)14-8-17(23)16(10-24)18(9-14)25-15-11-30-12-15/h13-20,25-27H,2-12,24H2,1H3. The van der Waals surface area contributed by atoms with Gasteiger partial charge in [-0.2, -0.15) is 5.48 Å². The van der Waals surface area contributed by atoms with E-state index in [-0.39, 0.29) is 42.0 Å². The van der Waals surface area contributed by atoms with Crippen LogP contribution >= 0.6 is 0 Å². The molecule has 5 aliphatic rings. The van der Waals surface area contributed by atoms with Gasteiger partial charge in [0.25, 0.3) is 0 Å². The summed E-state index contributed by atoms with van der Waals surface area (Å²) in [6.07, 6.45) is 3.62. The number of hydrogen-bond acceptors (Lipinski definition) is 8. The smallest absolute Gasteiger partial charge is 0.410 e. The summed E-state index contributed by atoms with van der Waals surface area (Å²) in [5, 5.41) is 7.11. The van der Waals surface area contributed by atoms with E-state index in [1.54, 1.807) is 0 Å². The summed E-state index contributed by atoms with van der Waals surface area (Å²) in [6, 6.07) is 0.331. The van der Waals surface area contributed by atoms with Crippen LogP contribution in [-0.4, -0.2) is 80.1 Å². The molecule has 5 fully saturated rings. The normalized spacial score (nSPS) is 40.2. The molecule has 0 radical (unpaired) electrons. The summed E-state index contributed by atoms with van der Waals surface area (Å²) in [5.41, 5.74) is 8.81. The van der Waals surface area contributed by atoms with E-state index in [1.165, 1.54) is 0 Å². The molecule has 2 aliphatic carbocycles. The molecule has 0 aromatic rings. The van der Waals surface area contributed by atoms with Crippen LogP contribution < -0.4 is 21.8 Å². The Morgan fingerprint density at radius 3 is 2.62 bits per heavy atom. The molecule has 3 aliphatic heterocycles. The fourth-order valence-corrected chi connectivity index (χ4v) is 5.52. The Labute approximate surface area is 189 Å². The molecule has 10 heteroatoms. The Bertz CT molecular complexity index is 671. The molecule has 0 bridgehead atoms. The van der Waals surface area contributed by atoms with E-state index in [0.29, 0.717) is 51.2 Å². The zero-order valence-electron chi connectivity index (χ0n) is 18.9. The number of piperidine rings is 1. The van der Waals surface area contributed by atoms with Gasteiger partial charge in [0.2, 0.25) is 0 Å². The number of ether oxygens (including phenoxy) is 2. The van der Waals surface area contributed by atoms with Gasteiger partial charge in [0.05, 0.1) is 25.4 Å². The fraction of sp³-hybridized carbons (Fsp3) is 0.955. The zero-order chi connectivity index (χ0) is 22.3. The molecule has 0 aromatic carbocycles. The minimum Gasteiger partial charge on any atom is -0.443 e. The van der Waals surface area contributed by atoms with Crippen molar-refractivity contribution in [2.45, 2.75) is 81.7 Å². The van der Waals surface area contributed by atoms with Crippen molar-refractivity contribution in [3.8, 4) is 0 Å². The molecule has 5 N–H and O–H groups in total. The van der Waals surface area contributed by atoms with Crippen LogP contribution in [0.4, 0.5) is 9.18 Å². The lowest BCUT2D eigenvalue weighted by Gasteiger charge is -2.43. The molecular formula is C22H38FN5O4. The summed E-state index contributed by atoms with van der Waals surface area (Å²) in [6.45, 7) is 5.08. The van der Waals surface area contributed by atoms with Gasteiger partial charge < -0.3 is 25.4 Å². The third kappa shape index (κ3) is 4.90. The summed E-state index contributed by atoms with van der Waals surface area (Å²) in [7, 11) is 0. The Kier molecular flexibility index (Phi) is 6.61. The summed E-state index contributed by atoms with van der Waals surface area (Å²) in [5.74, 6) is 0.250. The molecule has 0 spiro atoms. The number of rotatable bonds is 6. The summed E-state index contributed by atoms with van der Waals surface area (Å²) < 4.78 is 25.8. The Morgan fingerprint density at radius 2 is 2.00 bits per heavy atom. The fourth-order valence-electron chi connectivity index (χ4n) is 5.52. The zero-order valence-corrected chi connectivity index (χ0v) is 18.9. The first kappa shape index (κ1) is 22.7. The number of nitrogens with one attached hydrogen (secondary N) is 3. The molecule has 6 unspecified atom stereocenters. The average Bonchev–Trinajstić information content (AvgIpc) is 3.27. The van der Waals surface area contributed by atoms with Crippen LogP contribution in [0.5, 0.6) is 0 Å². The van der Waals surface area contributed by atoms with Crippen molar-refractivity contribution in [3.63, 3.8) is 0 Å². The number of amides is 1. The Hall–Kier alpha value is -1.04. The average molecular weight is 456 g/mol. The number of halogens is 1. The topological polar surface area (TPSA) is 110 Å². The Morgan fingerprint density at radius 1 is 1.25 bits per heavy atom. The second kappa shape index (κ2) is 9.31. The number of hydroxylamine groups is 1. The summed E-state index contributed by atoms with van der Waals surface area (Å²) >= 11 is 0. The molecule has 182 valence electrons. The minimum absolute atomic E-state index is 0.0101. The maximum atomic E-state index is 15.0. The van der Waals surface area contributed by atoms with Gasteiger partial charge in [-0.1, -0.05) is 0 Å². The SMILES string of the molecule is CC1(OC(=O)N2CCC(C3NOC(C4CC(F)C(CN)C(NC5COC5)C4)N3)CC2)CC1. The quantitative estimate of drug-likeness (QED) is 0.467. The van der Waals surface area contributed by atoms with E-state index in [0.717, 1.165) is 32.1 Å². The van der Waals surface area contributed by atoms with E-state index in [1.807, 2.05) is 11.8 Å². The molecule has 6 atom stereocenters. The molecule has 0 aromatic heterocycles. The lowest BCUT2D eigenvalue weighted by atomic mass is 9.75. The van der Waals surface area contributed by atoms with E-state index >= 15 is 0 Å². The van der Waals surface area contributed by atoms with Gasteiger partial charge in [-0.05, 0) is 57.9 Å². The van der Waals surface area contributed by atoms with Crippen molar-refractivity contribution in [1.29, 1.82) is 0 Å². The van der Waals surface area contributed by atoms with Gasteiger partial charge in [-0.15, -0.1) is 0 Å². The van der Waals surface area contributed by atoms with Crippen LogP contribution in [0.15, 0.2) is 0 Å². The molecule has 9 nitrogen and oxygen atoms in total. The first-order valence-corrected chi connectivity index (χ1v) is 12.3. The number of nitrogens with zero attached hydrogens (tertiary/aromatic N) is 1. The van der Waals surface area contributed by atoms with E-state index in [4.69, 9.17) is 20.0 Å². The predicted molar refractivity (Wildman–Crippen MR) is 115 cm³/mol. The number of nitrogens with two attached hydrogens (primary N) is 1. The number of carbonyl (C=O) groups excluding carboxylic acids is 1. The lowest BCUT2D eigenvalue weighted by molar-refractivity contribution is -0.0570. The van der Waals surface area contributed by atoms with Gasteiger partial charge in [-0.3, -0.25) is 10.2 Å². The largest absolute Gasteiger partial charge is 0.443 e. The third-order valence-corrected chi connectivity index (χ3v) is 8.08. The first-order chi connectivity index (χ1) is 15.4. The maximum Gasteiger partial charge on any atom is 0.410 e. The van der Waals surface area contributed by atoms with Crippen molar-refractivity contribution in [1.82, 2.24) is 21.0 Å². The van der Waals surface area contributed by atoms with Crippen LogP contribution in [0.2, 0.25) is 0 Å². The minimum atomic E-state index is -0.940. The van der Waals surface area contributed by atoms with Crippen molar-refractivity contribution >= 4 is 6.09 Å².